The number of carbonyl (C=O) groups is 1. The van der Waals surface area contributed by atoms with Gasteiger partial charge in [-0.2, -0.15) is 0 Å². The number of fused-ring (bicyclic) bond motifs is 1. The van der Waals surface area contributed by atoms with Crippen LogP contribution < -0.4 is 5.32 Å². The number of hydrogen-bond donors (Lipinski definition) is 1. The fourth-order valence-electron chi connectivity index (χ4n) is 2.33. The van der Waals surface area contributed by atoms with Crippen molar-refractivity contribution in [2.75, 3.05) is 5.32 Å². The number of rotatable bonds is 6. The fourth-order valence-corrected chi connectivity index (χ4v) is 4.57. The van der Waals surface area contributed by atoms with Crippen LogP contribution in [0.25, 0.3) is 10.2 Å². The summed E-state index contributed by atoms with van der Waals surface area (Å²) in [6.45, 7) is 3.90. The first kappa shape index (κ1) is 18.3. The number of carbonyl (C=O) groups excluding carboxylic acids is 1. The van der Waals surface area contributed by atoms with E-state index in [0.717, 1.165) is 16.8 Å². The van der Waals surface area contributed by atoms with Gasteiger partial charge in [-0.05, 0) is 37.1 Å². The van der Waals surface area contributed by atoms with Gasteiger partial charge in [0.05, 0.1) is 20.4 Å². The van der Waals surface area contributed by atoms with Crippen molar-refractivity contribution in [3.05, 3.63) is 58.1 Å². The van der Waals surface area contributed by atoms with Gasteiger partial charge in [0.15, 0.2) is 4.34 Å². The maximum Gasteiger partial charge on any atom is 0.270 e. The molecule has 0 radical (unpaired) electrons. The first-order valence-corrected chi connectivity index (χ1v) is 9.77. The number of nitrogens with zero attached hydrogens (tertiary/aromatic N) is 2. The van der Waals surface area contributed by atoms with Crippen LogP contribution in [0.5, 0.6) is 0 Å². The second-order valence-corrected chi connectivity index (χ2v) is 8.31. The molecule has 6 nitrogen and oxygen atoms in total. The molecule has 134 valence electrons. The van der Waals surface area contributed by atoms with E-state index in [1.54, 1.807) is 6.07 Å². The van der Waals surface area contributed by atoms with Crippen LogP contribution >= 0.6 is 23.1 Å². The van der Waals surface area contributed by atoms with Crippen LogP contribution in [0.4, 0.5) is 11.4 Å². The second-order valence-electron chi connectivity index (χ2n) is 5.69. The van der Waals surface area contributed by atoms with Gasteiger partial charge >= 0.3 is 0 Å². The van der Waals surface area contributed by atoms with E-state index in [4.69, 9.17) is 0 Å². The first-order valence-electron chi connectivity index (χ1n) is 8.07. The Morgan fingerprint density at radius 1 is 1.31 bits per heavy atom. The molecule has 1 heterocycles. The number of aryl methyl sites for hydroxylation is 1. The lowest BCUT2D eigenvalue weighted by Gasteiger charge is -2.10. The van der Waals surface area contributed by atoms with E-state index < -0.39 is 4.92 Å². The highest BCUT2D eigenvalue weighted by Gasteiger charge is 2.18. The van der Waals surface area contributed by atoms with Gasteiger partial charge in [-0.3, -0.25) is 14.9 Å². The molecule has 0 aliphatic carbocycles. The summed E-state index contributed by atoms with van der Waals surface area (Å²) in [7, 11) is 0. The number of anilines is 1. The van der Waals surface area contributed by atoms with Gasteiger partial charge in [0.2, 0.25) is 5.91 Å². The van der Waals surface area contributed by atoms with Crippen molar-refractivity contribution in [2.45, 2.75) is 29.9 Å². The number of thioether (sulfide) groups is 1. The van der Waals surface area contributed by atoms with Crippen LogP contribution in [-0.4, -0.2) is 21.1 Å². The number of amides is 1. The van der Waals surface area contributed by atoms with E-state index in [2.05, 4.69) is 17.2 Å². The predicted molar refractivity (Wildman–Crippen MR) is 106 cm³/mol. The minimum Gasteiger partial charge on any atom is -0.325 e. The summed E-state index contributed by atoms with van der Waals surface area (Å²) in [6.07, 6.45) is 0.955. The Morgan fingerprint density at radius 2 is 2.04 bits per heavy atom. The summed E-state index contributed by atoms with van der Waals surface area (Å²) in [5, 5.41) is 13.4. The molecule has 0 fully saturated rings. The van der Waals surface area contributed by atoms with Crippen molar-refractivity contribution in [3.8, 4) is 0 Å². The fraction of sp³-hybridized carbons (Fsp3) is 0.222. The molecule has 0 unspecified atom stereocenters. The molecule has 1 amide bonds. The maximum atomic E-state index is 12.4. The third-order valence-corrected chi connectivity index (χ3v) is 6.05. The number of benzene rings is 2. The Labute approximate surface area is 158 Å². The van der Waals surface area contributed by atoms with Crippen LogP contribution in [0.2, 0.25) is 0 Å². The molecule has 1 aromatic heterocycles. The minimum absolute atomic E-state index is 0.0408. The van der Waals surface area contributed by atoms with Gasteiger partial charge in [0, 0.05) is 17.8 Å². The van der Waals surface area contributed by atoms with E-state index >= 15 is 0 Å². The van der Waals surface area contributed by atoms with Gasteiger partial charge in [-0.1, -0.05) is 30.8 Å². The average Bonchev–Trinajstić information content (AvgIpc) is 3.03. The van der Waals surface area contributed by atoms with Crippen LogP contribution in [0.1, 0.15) is 19.4 Å². The van der Waals surface area contributed by atoms with Crippen LogP contribution in [0.3, 0.4) is 0 Å². The van der Waals surface area contributed by atoms with E-state index in [0.29, 0.717) is 9.86 Å². The molecule has 0 saturated heterocycles. The first-order chi connectivity index (χ1) is 12.5. The third kappa shape index (κ3) is 4.20. The molecule has 0 bridgehead atoms. The Hall–Kier alpha value is -2.45. The lowest BCUT2D eigenvalue weighted by Crippen LogP contribution is -2.22. The van der Waals surface area contributed by atoms with E-state index in [1.807, 2.05) is 31.2 Å². The topological polar surface area (TPSA) is 85.1 Å². The average molecular weight is 387 g/mol. The van der Waals surface area contributed by atoms with Crippen molar-refractivity contribution in [3.63, 3.8) is 0 Å². The predicted octanol–water partition coefficient (Wildman–Crippen LogP) is 4.89. The van der Waals surface area contributed by atoms with Crippen molar-refractivity contribution < 1.29 is 9.72 Å². The molecule has 1 N–H and O–H groups in total. The number of nitrogens with one attached hydrogen (secondary N) is 1. The van der Waals surface area contributed by atoms with Gasteiger partial charge in [-0.25, -0.2) is 4.98 Å². The van der Waals surface area contributed by atoms with Crippen LogP contribution in [0.15, 0.2) is 46.8 Å². The SMILES string of the molecule is CCc1ccc(NC(=O)[C@H](C)Sc2nc3ccc([N+](=O)[O-])cc3s2)cc1. The van der Waals surface area contributed by atoms with Gasteiger partial charge in [0.25, 0.3) is 5.69 Å². The quantitative estimate of drug-likeness (QED) is 0.370. The summed E-state index contributed by atoms with van der Waals surface area (Å²) in [5.74, 6) is -0.107. The highest BCUT2D eigenvalue weighted by molar-refractivity contribution is 8.02. The molecule has 0 aliphatic heterocycles. The molecule has 0 spiro atoms. The molecular weight excluding hydrogens is 370 g/mol. The van der Waals surface area contributed by atoms with Gasteiger partial charge < -0.3 is 5.32 Å². The molecule has 3 aromatic rings. The molecule has 2 aromatic carbocycles. The van der Waals surface area contributed by atoms with E-state index in [9.17, 15) is 14.9 Å². The van der Waals surface area contributed by atoms with Gasteiger partial charge in [-0.15, -0.1) is 11.3 Å². The Kier molecular flexibility index (Phi) is 5.53. The van der Waals surface area contributed by atoms with Crippen molar-refractivity contribution >= 4 is 50.6 Å². The number of nitro groups is 1. The zero-order valence-electron chi connectivity index (χ0n) is 14.3. The summed E-state index contributed by atoms with van der Waals surface area (Å²) in [6, 6.07) is 12.4. The zero-order valence-corrected chi connectivity index (χ0v) is 15.9. The summed E-state index contributed by atoms with van der Waals surface area (Å²) in [5.41, 5.74) is 2.72. The van der Waals surface area contributed by atoms with Crippen molar-refractivity contribution in [1.29, 1.82) is 0 Å². The normalized spacial score (nSPS) is 12.1. The molecule has 0 aliphatic rings. The number of thiazole rings is 1. The second kappa shape index (κ2) is 7.84. The standard InChI is InChI=1S/C18H17N3O3S2/c1-3-12-4-6-13(7-5-12)19-17(22)11(2)25-18-20-15-9-8-14(21(23)24)10-16(15)26-18/h4-11H,3H2,1-2H3,(H,19,22)/t11-/m0/s1. The maximum absolute atomic E-state index is 12.4. The zero-order chi connectivity index (χ0) is 18.7. The number of hydrogen-bond acceptors (Lipinski definition) is 6. The number of nitro benzene ring substituents is 1. The number of aromatic nitrogens is 1. The minimum atomic E-state index is -0.425. The largest absolute Gasteiger partial charge is 0.325 e. The summed E-state index contributed by atoms with van der Waals surface area (Å²) < 4.78 is 1.45. The Balaban J connectivity index is 1.68. The molecule has 3 rings (SSSR count). The molecule has 8 heteroatoms. The Morgan fingerprint density at radius 3 is 2.69 bits per heavy atom. The van der Waals surface area contributed by atoms with Crippen LogP contribution in [0, 0.1) is 10.1 Å². The Bertz CT molecular complexity index is 954. The van der Waals surface area contributed by atoms with Crippen molar-refractivity contribution in [1.82, 2.24) is 4.98 Å². The smallest absolute Gasteiger partial charge is 0.270 e. The van der Waals surface area contributed by atoms with Gasteiger partial charge in [0.1, 0.15) is 0 Å². The molecular formula is C18H17N3O3S2. The summed E-state index contributed by atoms with van der Waals surface area (Å²) in [4.78, 5) is 27.3. The van der Waals surface area contributed by atoms with Crippen molar-refractivity contribution in [2.24, 2.45) is 0 Å². The monoisotopic (exact) mass is 387 g/mol. The highest BCUT2D eigenvalue weighted by Crippen LogP contribution is 2.34. The highest BCUT2D eigenvalue weighted by atomic mass is 32.2. The summed E-state index contributed by atoms with van der Waals surface area (Å²) >= 11 is 2.70. The van der Waals surface area contributed by atoms with E-state index in [1.165, 1.54) is 40.8 Å². The lowest BCUT2D eigenvalue weighted by atomic mass is 10.1. The van der Waals surface area contributed by atoms with Crippen LogP contribution in [-0.2, 0) is 11.2 Å². The van der Waals surface area contributed by atoms with E-state index in [-0.39, 0.29) is 16.8 Å². The number of non-ortho nitro benzene ring substituents is 1. The molecule has 26 heavy (non-hydrogen) atoms. The molecule has 1 atom stereocenters. The lowest BCUT2D eigenvalue weighted by molar-refractivity contribution is -0.384. The third-order valence-electron chi connectivity index (χ3n) is 3.84. The molecule has 0 saturated carbocycles.